The molecule has 0 aliphatic carbocycles. The van der Waals surface area contributed by atoms with Gasteiger partial charge in [0.2, 0.25) is 11.1 Å². The minimum absolute atomic E-state index is 0.0817. The summed E-state index contributed by atoms with van der Waals surface area (Å²) in [5.41, 5.74) is 0.572. The smallest absolute Gasteiger partial charge is 0.234 e. The average molecular weight is 396 g/mol. The first-order valence-corrected chi connectivity index (χ1v) is 8.64. The van der Waals surface area contributed by atoms with Crippen molar-refractivity contribution in [3.8, 4) is 11.4 Å². The molecule has 0 spiro atoms. The van der Waals surface area contributed by atoms with Crippen molar-refractivity contribution in [1.82, 2.24) is 14.9 Å². The van der Waals surface area contributed by atoms with E-state index in [1.165, 1.54) is 4.68 Å². The molecular weight excluding hydrogens is 384 g/mol. The van der Waals surface area contributed by atoms with Gasteiger partial charge in [-0.05, 0) is 24.3 Å². The fourth-order valence-corrected chi connectivity index (χ4v) is 2.95. The Labute approximate surface area is 156 Å². The zero-order valence-electron chi connectivity index (χ0n) is 13.1. The summed E-state index contributed by atoms with van der Waals surface area (Å²) >= 11 is 6.97. The fraction of sp³-hybridized carbons (Fsp3) is 0.0625. The predicted octanol–water partition coefficient (Wildman–Crippen LogP) is 3.32. The Morgan fingerprint density at radius 3 is 2.77 bits per heavy atom. The summed E-state index contributed by atoms with van der Waals surface area (Å²) in [4.78, 5) is 11.9. The summed E-state index contributed by atoms with van der Waals surface area (Å²) in [7, 11) is 0. The van der Waals surface area contributed by atoms with Gasteiger partial charge in [0, 0.05) is 16.7 Å². The van der Waals surface area contributed by atoms with Crippen molar-refractivity contribution in [2.45, 2.75) is 5.16 Å². The quantitative estimate of drug-likeness (QED) is 0.511. The van der Waals surface area contributed by atoms with Gasteiger partial charge in [-0.25, -0.2) is 13.5 Å². The number of carbonyl (C=O) groups excluding carboxylic acids is 1. The zero-order chi connectivity index (χ0) is 18.7. The third kappa shape index (κ3) is 4.12. The maximum Gasteiger partial charge on any atom is 0.234 e. The van der Waals surface area contributed by atoms with Crippen molar-refractivity contribution in [3.63, 3.8) is 0 Å². The minimum atomic E-state index is -0.853. The maximum atomic E-state index is 13.5. The van der Waals surface area contributed by atoms with E-state index in [1.54, 1.807) is 24.3 Å². The number of nitrogen functional groups attached to an aromatic ring is 1. The number of rotatable bonds is 5. The molecule has 0 saturated heterocycles. The zero-order valence-corrected chi connectivity index (χ0v) is 14.7. The molecule has 3 rings (SSSR count). The molecule has 3 aromatic rings. The number of nitrogens with one attached hydrogen (secondary N) is 1. The summed E-state index contributed by atoms with van der Waals surface area (Å²) in [6.45, 7) is 0. The molecule has 3 N–H and O–H groups in total. The highest BCUT2D eigenvalue weighted by Crippen LogP contribution is 2.24. The molecule has 0 bridgehead atoms. The van der Waals surface area contributed by atoms with Crippen molar-refractivity contribution >= 4 is 35.0 Å². The minimum Gasteiger partial charge on any atom is -0.335 e. The number of anilines is 1. The Morgan fingerprint density at radius 1 is 1.23 bits per heavy atom. The summed E-state index contributed by atoms with van der Waals surface area (Å²) in [5.74, 6) is 4.20. The van der Waals surface area contributed by atoms with E-state index in [1.807, 2.05) is 0 Å². The van der Waals surface area contributed by atoms with Crippen molar-refractivity contribution in [2.75, 3.05) is 16.9 Å². The van der Waals surface area contributed by atoms with Gasteiger partial charge < -0.3 is 11.2 Å². The second-order valence-corrected chi connectivity index (χ2v) is 6.53. The number of amides is 1. The van der Waals surface area contributed by atoms with Crippen LogP contribution in [0.5, 0.6) is 0 Å². The molecule has 0 fully saturated rings. The lowest BCUT2D eigenvalue weighted by Crippen LogP contribution is -2.17. The summed E-state index contributed by atoms with van der Waals surface area (Å²) < 4.78 is 27.7. The first kappa shape index (κ1) is 18.2. The molecule has 0 saturated carbocycles. The van der Waals surface area contributed by atoms with Gasteiger partial charge >= 0.3 is 0 Å². The van der Waals surface area contributed by atoms with Crippen LogP contribution >= 0.6 is 23.4 Å². The highest BCUT2D eigenvalue weighted by Gasteiger charge is 2.15. The molecule has 10 heteroatoms. The van der Waals surface area contributed by atoms with Gasteiger partial charge in [-0.15, -0.1) is 10.2 Å². The highest BCUT2D eigenvalue weighted by atomic mass is 35.5. The molecule has 2 aromatic carbocycles. The number of benzene rings is 2. The SMILES string of the molecule is Nn1c(SCC(=O)Nc2ccc(F)cc2F)nnc1-c1cccc(Cl)c1. The topological polar surface area (TPSA) is 85.8 Å². The van der Waals surface area contributed by atoms with Crippen LogP contribution in [0.25, 0.3) is 11.4 Å². The molecule has 1 amide bonds. The molecule has 0 unspecified atom stereocenters. The van der Waals surface area contributed by atoms with Crippen molar-refractivity contribution < 1.29 is 13.6 Å². The number of nitrogens with two attached hydrogens (primary N) is 1. The summed E-state index contributed by atoms with van der Waals surface area (Å²) in [5, 5.41) is 11.1. The molecule has 26 heavy (non-hydrogen) atoms. The Bertz CT molecular complexity index is 966. The van der Waals surface area contributed by atoms with E-state index in [2.05, 4.69) is 15.5 Å². The number of nitrogens with zero attached hydrogens (tertiary/aromatic N) is 3. The largest absolute Gasteiger partial charge is 0.335 e. The van der Waals surface area contributed by atoms with Gasteiger partial charge in [0.25, 0.3) is 0 Å². The Kier molecular flexibility index (Phi) is 5.38. The molecule has 0 aliphatic heterocycles. The Balaban J connectivity index is 1.66. The fourth-order valence-electron chi connectivity index (χ4n) is 2.11. The van der Waals surface area contributed by atoms with Crippen LogP contribution in [0.1, 0.15) is 0 Å². The third-order valence-electron chi connectivity index (χ3n) is 3.28. The molecule has 1 heterocycles. The summed E-state index contributed by atoms with van der Waals surface area (Å²) in [6, 6.07) is 9.83. The monoisotopic (exact) mass is 395 g/mol. The highest BCUT2D eigenvalue weighted by molar-refractivity contribution is 7.99. The molecule has 0 radical (unpaired) electrons. The first-order chi connectivity index (χ1) is 12.4. The number of carbonyl (C=O) groups is 1. The predicted molar refractivity (Wildman–Crippen MR) is 96.3 cm³/mol. The number of hydrogen-bond donors (Lipinski definition) is 2. The summed E-state index contributed by atoms with van der Waals surface area (Å²) in [6.07, 6.45) is 0. The van der Waals surface area contributed by atoms with Gasteiger partial charge in [-0.1, -0.05) is 35.5 Å². The van der Waals surface area contributed by atoms with E-state index in [4.69, 9.17) is 17.4 Å². The number of aromatic nitrogens is 3. The normalized spacial score (nSPS) is 10.7. The van der Waals surface area contributed by atoms with Crippen molar-refractivity contribution in [3.05, 3.63) is 59.1 Å². The molecular formula is C16H12ClF2N5OS. The standard InChI is InChI=1S/C16H12ClF2N5OS/c17-10-3-1-2-9(6-10)15-22-23-16(24(15)20)26-8-14(25)21-13-5-4-11(18)7-12(13)19/h1-7H,8,20H2,(H,21,25). The van der Waals surface area contributed by atoms with E-state index in [9.17, 15) is 13.6 Å². The third-order valence-corrected chi connectivity index (χ3v) is 4.46. The van der Waals surface area contributed by atoms with Crippen LogP contribution in [-0.4, -0.2) is 26.5 Å². The Hall–Kier alpha value is -2.65. The van der Waals surface area contributed by atoms with Gasteiger partial charge in [0.15, 0.2) is 5.82 Å². The van der Waals surface area contributed by atoms with E-state index < -0.39 is 17.5 Å². The molecule has 134 valence electrons. The van der Waals surface area contributed by atoms with Crippen LogP contribution in [0.3, 0.4) is 0 Å². The van der Waals surface area contributed by atoms with Gasteiger partial charge in [-0.2, -0.15) is 0 Å². The molecule has 6 nitrogen and oxygen atoms in total. The van der Waals surface area contributed by atoms with E-state index in [0.717, 1.165) is 23.9 Å². The first-order valence-electron chi connectivity index (χ1n) is 7.28. The van der Waals surface area contributed by atoms with Gasteiger partial charge in [0.05, 0.1) is 11.4 Å². The average Bonchev–Trinajstić information content (AvgIpc) is 2.96. The molecule has 0 atom stereocenters. The number of thioether (sulfide) groups is 1. The van der Waals surface area contributed by atoms with Crippen LogP contribution in [0.4, 0.5) is 14.5 Å². The van der Waals surface area contributed by atoms with Crippen molar-refractivity contribution in [2.24, 2.45) is 0 Å². The van der Waals surface area contributed by atoms with Gasteiger partial charge in [0.1, 0.15) is 11.6 Å². The van der Waals surface area contributed by atoms with Crippen molar-refractivity contribution in [1.29, 1.82) is 0 Å². The van der Waals surface area contributed by atoms with Crippen LogP contribution in [0.2, 0.25) is 5.02 Å². The van der Waals surface area contributed by atoms with Crippen LogP contribution in [0, 0.1) is 11.6 Å². The van der Waals surface area contributed by atoms with E-state index in [0.29, 0.717) is 27.6 Å². The molecule has 1 aromatic heterocycles. The number of halogens is 3. The lowest BCUT2D eigenvalue weighted by atomic mass is 10.2. The second kappa shape index (κ2) is 7.71. The maximum absolute atomic E-state index is 13.5. The van der Waals surface area contributed by atoms with Crippen LogP contribution in [0.15, 0.2) is 47.6 Å². The van der Waals surface area contributed by atoms with E-state index >= 15 is 0 Å². The molecule has 0 aliphatic rings. The van der Waals surface area contributed by atoms with Crippen LogP contribution in [-0.2, 0) is 4.79 Å². The lowest BCUT2D eigenvalue weighted by Gasteiger charge is -2.06. The lowest BCUT2D eigenvalue weighted by molar-refractivity contribution is -0.113. The Morgan fingerprint density at radius 2 is 2.04 bits per heavy atom. The van der Waals surface area contributed by atoms with Gasteiger partial charge in [-0.3, -0.25) is 4.79 Å². The second-order valence-electron chi connectivity index (χ2n) is 5.15. The van der Waals surface area contributed by atoms with Crippen LogP contribution < -0.4 is 11.2 Å². The number of hydrogen-bond acceptors (Lipinski definition) is 5. The van der Waals surface area contributed by atoms with E-state index in [-0.39, 0.29) is 11.4 Å².